The molecule has 0 spiro atoms. The zero-order chi connectivity index (χ0) is 8.48. The maximum Gasteiger partial charge on any atom is 0.103 e. The monoisotopic (exact) mass is 154 g/mol. The first kappa shape index (κ1) is 8.27. The lowest BCUT2D eigenvalue weighted by molar-refractivity contribution is 0.0456. The molecule has 0 radical (unpaired) electrons. The first-order chi connectivity index (χ1) is 5.08. The van der Waals surface area contributed by atoms with E-state index in [1.54, 1.807) is 19.4 Å². The first-order valence-electron chi connectivity index (χ1n) is 3.77. The van der Waals surface area contributed by atoms with Gasteiger partial charge in [0.1, 0.15) is 5.60 Å². The molecule has 0 aromatic carbocycles. The fraction of sp³-hybridized carbons (Fsp3) is 0.625. The van der Waals surface area contributed by atoms with E-state index >= 15 is 0 Å². The molecule has 11 heavy (non-hydrogen) atoms. The standard InChI is InChI=1S/C8H14N2O/c1-4-8(2,11)7-5-9-6-10(7)3/h5-6,11H,4H2,1-3H3. The van der Waals surface area contributed by atoms with E-state index in [1.807, 2.05) is 18.5 Å². The Morgan fingerprint density at radius 3 is 2.73 bits per heavy atom. The molecule has 1 aromatic rings. The third kappa shape index (κ3) is 1.43. The molecule has 3 nitrogen and oxygen atoms in total. The van der Waals surface area contributed by atoms with Crippen molar-refractivity contribution in [1.82, 2.24) is 9.55 Å². The Morgan fingerprint density at radius 2 is 2.36 bits per heavy atom. The van der Waals surface area contributed by atoms with Crippen LogP contribution >= 0.6 is 0 Å². The molecule has 0 amide bonds. The van der Waals surface area contributed by atoms with Crippen molar-refractivity contribution in [3.8, 4) is 0 Å². The molecule has 1 rings (SSSR count). The van der Waals surface area contributed by atoms with Crippen LogP contribution in [0.5, 0.6) is 0 Å². The quantitative estimate of drug-likeness (QED) is 0.691. The smallest absolute Gasteiger partial charge is 0.103 e. The number of aliphatic hydroxyl groups is 1. The fourth-order valence-corrected chi connectivity index (χ4v) is 1.06. The average molecular weight is 154 g/mol. The number of hydrogen-bond donors (Lipinski definition) is 1. The molecule has 1 atom stereocenters. The van der Waals surface area contributed by atoms with Crippen molar-refractivity contribution in [3.63, 3.8) is 0 Å². The van der Waals surface area contributed by atoms with Crippen molar-refractivity contribution in [3.05, 3.63) is 18.2 Å². The lowest BCUT2D eigenvalue weighted by atomic mass is 10.0. The summed E-state index contributed by atoms with van der Waals surface area (Å²) < 4.78 is 1.84. The summed E-state index contributed by atoms with van der Waals surface area (Å²) in [6.07, 6.45) is 4.09. The van der Waals surface area contributed by atoms with E-state index in [0.717, 1.165) is 5.69 Å². The van der Waals surface area contributed by atoms with Crippen LogP contribution in [-0.4, -0.2) is 14.7 Å². The van der Waals surface area contributed by atoms with Gasteiger partial charge in [0.05, 0.1) is 18.2 Å². The summed E-state index contributed by atoms with van der Waals surface area (Å²) in [4.78, 5) is 3.94. The zero-order valence-electron chi connectivity index (χ0n) is 7.20. The number of aromatic nitrogens is 2. The molecule has 0 aliphatic carbocycles. The zero-order valence-corrected chi connectivity index (χ0v) is 7.20. The van der Waals surface area contributed by atoms with Gasteiger partial charge in [-0.1, -0.05) is 6.92 Å². The van der Waals surface area contributed by atoms with Crippen molar-refractivity contribution in [2.75, 3.05) is 0 Å². The van der Waals surface area contributed by atoms with E-state index in [-0.39, 0.29) is 0 Å². The van der Waals surface area contributed by atoms with E-state index < -0.39 is 5.60 Å². The van der Waals surface area contributed by atoms with Crippen molar-refractivity contribution >= 4 is 0 Å². The summed E-state index contributed by atoms with van der Waals surface area (Å²) in [5, 5.41) is 9.80. The van der Waals surface area contributed by atoms with Crippen LogP contribution in [0.1, 0.15) is 26.0 Å². The molecule has 1 N–H and O–H groups in total. The third-order valence-electron chi connectivity index (χ3n) is 2.06. The van der Waals surface area contributed by atoms with Crippen LogP contribution in [0.2, 0.25) is 0 Å². The van der Waals surface area contributed by atoms with Crippen LogP contribution in [0.4, 0.5) is 0 Å². The predicted octanol–water partition coefficient (Wildman–Crippen LogP) is 1.04. The Balaban J connectivity index is 3.00. The van der Waals surface area contributed by atoms with Crippen molar-refractivity contribution < 1.29 is 5.11 Å². The van der Waals surface area contributed by atoms with Gasteiger partial charge in [-0.2, -0.15) is 0 Å². The Morgan fingerprint density at radius 1 is 1.73 bits per heavy atom. The first-order valence-corrected chi connectivity index (χ1v) is 3.77. The molecule has 0 fully saturated rings. The molecule has 1 heterocycles. The van der Waals surface area contributed by atoms with Crippen molar-refractivity contribution in [2.45, 2.75) is 25.9 Å². The molecule has 1 aromatic heterocycles. The van der Waals surface area contributed by atoms with Crippen LogP contribution in [0.25, 0.3) is 0 Å². The molecule has 62 valence electrons. The van der Waals surface area contributed by atoms with E-state index in [2.05, 4.69) is 4.98 Å². The summed E-state index contributed by atoms with van der Waals surface area (Å²) in [5.74, 6) is 0. The molecular weight excluding hydrogens is 140 g/mol. The number of nitrogens with zero attached hydrogens (tertiary/aromatic N) is 2. The van der Waals surface area contributed by atoms with Gasteiger partial charge >= 0.3 is 0 Å². The maximum atomic E-state index is 9.80. The van der Waals surface area contributed by atoms with E-state index in [1.165, 1.54) is 0 Å². The summed E-state index contributed by atoms with van der Waals surface area (Å²) in [7, 11) is 1.88. The molecule has 0 saturated carbocycles. The molecule has 0 aliphatic rings. The number of imidazole rings is 1. The van der Waals surface area contributed by atoms with Gasteiger partial charge in [-0.05, 0) is 13.3 Å². The highest BCUT2D eigenvalue weighted by atomic mass is 16.3. The van der Waals surface area contributed by atoms with E-state index in [0.29, 0.717) is 6.42 Å². The lowest BCUT2D eigenvalue weighted by Crippen LogP contribution is -2.22. The SMILES string of the molecule is CCC(C)(O)c1cncn1C. The van der Waals surface area contributed by atoms with Crippen molar-refractivity contribution in [2.24, 2.45) is 7.05 Å². The van der Waals surface area contributed by atoms with Gasteiger partial charge in [0.25, 0.3) is 0 Å². The lowest BCUT2D eigenvalue weighted by Gasteiger charge is -2.21. The van der Waals surface area contributed by atoms with Crippen LogP contribution in [0.15, 0.2) is 12.5 Å². The second-order valence-corrected chi connectivity index (χ2v) is 3.02. The van der Waals surface area contributed by atoms with Crippen LogP contribution in [0.3, 0.4) is 0 Å². The highest BCUT2D eigenvalue weighted by Gasteiger charge is 2.23. The van der Waals surface area contributed by atoms with Gasteiger partial charge in [-0.25, -0.2) is 4.98 Å². The number of rotatable bonds is 2. The van der Waals surface area contributed by atoms with Crippen molar-refractivity contribution in [1.29, 1.82) is 0 Å². The van der Waals surface area contributed by atoms with E-state index in [4.69, 9.17) is 0 Å². The molecule has 0 aliphatic heterocycles. The number of aryl methyl sites for hydroxylation is 1. The summed E-state index contributed by atoms with van der Waals surface area (Å²) >= 11 is 0. The van der Waals surface area contributed by atoms with Gasteiger partial charge in [-0.3, -0.25) is 0 Å². The Bertz CT molecular complexity index is 240. The number of hydrogen-bond acceptors (Lipinski definition) is 2. The minimum Gasteiger partial charge on any atom is -0.384 e. The normalized spacial score (nSPS) is 16.4. The highest BCUT2D eigenvalue weighted by Crippen LogP contribution is 2.22. The molecule has 1 unspecified atom stereocenters. The Hall–Kier alpha value is -0.830. The third-order valence-corrected chi connectivity index (χ3v) is 2.06. The molecule has 0 bridgehead atoms. The minimum atomic E-state index is -0.745. The summed E-state index contributed by atoms with van der Waals surface area (Å²) in [6, 6.07) is 0. The summed E-state index contributed by atoms with van der Waals surface area (Å²) in [5.41, 5.74) is 0.116. The Labute approximate surface area is 66.7 Å². The van der Waals surface area contributed by atoms with Crippen LogP contribution in [0, 0.1) is 0 Å². The second-order valence-electron chi connectivity index (χ2n) is 3.02. The minimum absolute atomic E-state index is 0.701. The van der Waals surface area contributed by atoms with Gasteiger partial charge < -0.3 is 9.67 Å². The maximum absolute atomic E-state index is 9.80. The van der Waals surface area contributed by atoms with Gasteiger partial charge in [-0.15, -0.1) is 0 Å². The van der Waals surface area contributed by atoms with Crippen LogP contribution in [-0.2, 0) is 12.6 Å². The Kier molecular flexibility index (Phi) is 2.00. The fourth-order valence-electron chi connectivity index (χ4n) is 1.06. The molecule has 3 heteroatoms. The van der Waals surface area contributed by atoms with E-state index in [9.17, 15) is 5.11 Å². The summed E-state index contributed by atoms with van der Waals surface area (Å²) in [6.45, 7) is 3.75. The predicted molar refractivity (Wildman–Crippen MR) is 43.1 cm³/mol. The largest absolute Gasteiger partial charge is 0.384 e. The van der Waals surface area contributed by atoms with Gasteiger partial charge in [0.2, 0.25) is 0 Å². The van der Waals surface area contributed by atoms with Gasteiger partial charge in [0.15, 0.2) is 0 Å². The average Bonchev–Trinajstić information content (AvgIpc) is 2.36. The van der Waals surface area contributed by atoms with Gasteiger partial charge in [0, 0.05) is 7.05 Å². The topological polar surface area (TPSA) is 38.1 Å². The molecule has 0 saturated heterocycles. The highest BCUT2D eigenvalue weighted by molar-refractivity contribution is 5.07. The second kappa shape index (κ2) is 2.66. The van der Waals surface area contributed by atoms with Crippen LogP contribution < -0.4 is 0 Å². The molecular formula is C8H14N2O.